The third kappa shape index (κ3) is 3.35. The molecule has 0 unspecified atom stereocenters. The first-order chi connectivity index (χ1) is 11.1. The molecule has 1 saturated heterocycles. The van der Waals surface area contributed by atoms with Gasteiger partial charge in [-0.2, -0.15) is 0 Å². The van der Waals surface area contributed by atoms with Crippen LogP contribution in [0.1, 0.15) is 50.0 Å². The number of urea groups is 1. The molecule has 0 saturated carbocycles. The Labute approximate surface area is 136 Å². The maximum absolute atomic E-state index is 12.5. The Morgan fingerprint density at radius 3 is 2.74 bits per heavy atom. The summed E-state index contributed by atoms with van der Waals surface area (Å²) in [5.41, 5.74) is 1.12. The van der Waals surface area contributed by atoms with Crippen LogP contribution < -0.4 is 5.32 Å². The number of nitrogens with zero attached hydrogens (tertiary/aromatic N) is 2. The molecule has 1 aromatic rings. The van der Waals surface area contributed by atoms with Crippen LogP contribution in [-0.4, -0.2) is 47.9 Å². The highest BCUT2D eigenvalue weighted by atomic mass is 16.3. The first-order valence-corrected chi connectivity index (χ1v) is 8.41. The van der Waals surface area contributed by atoms with Crippen LogP contribution in [0.5, 0.6) is 0 Å². The SMILES string of the molecule is CC(=O)N(C)C1CCN(C(=O)N[C@H]2CCCc3occc32)CC1. The third-order valence-corrected chi connectivity index (χ3v) is 5.15. The molecular weight excluding hydrogens is 294 g/mol. The minimum atomic E-state index is -0.00650. The summed E-state index contributed by atoms with van der Waals surface area (Å²) in [5.74, 6) is 1.09. The molecule has 2 aliphatic rings. The van der Waals surface area contributed by atoms with Gasteiger partial charge in [0.2, 0.25) is 5.91 Å². The second-order valence-corrected chi connectivity index (χ2v) is 6.54. The molecule has 0 bridgehead atoms. The Balaban J connectivity index is 1.54. The van der Waals surface area contributed by atoms with Crippen LogP contribution in [0.2, 0.25) is 0 Å². The zero-order chi connectivity index (χ0) is 16.4. The highest BCUT2D eigenvalue weighted by Gasteiger charge is 2.29. The van der Waals surface area contributed by atoms with Gasteiger partial charge in [-0.05, 0) is 31.7 Å². The minimum Gasteiger partial charge on any atom is -0.469 e. The Hall–Kier alpha value is -1.98. The molecule has 0 spiro atoms. The van der Waals surface area contributed by atoms with E-state index in [-0.39, 0.29) is 24.0 Å². The first kappa shape index (κ1) is 15.9. The average Bonchev–Trinajstić information content (AvgIpc) is 3.04. The van der Waals surface area contributed by atoms with Crippen LogP contribution in [0.25, 0.3) is 0 Å². The standard InChI is InChI=1S/C17H25N3O3/c1-12(21)19(2)13-6-9-20(10-7-13)17(22)18-15-4-3-5-16-14(15)8-11-23-16/h8,11,13,15H,3-7,9-10H2,1-2H3,(H,18,22)/t15-/m0/s1. The molecule has 3 rings (SSSR count). The smallest absolute Gasteiger partial charge is 0.317 e. The second-order valence-electron chi connectivity index (χ2n) is 6.54. The zero-order valence-corrected chi connectivity index (χ0v) is 13.9. The predicted octanol–water partition coefficient (Wildman–Crippen LogP) is 2.31. The van der Waals surface area contributed by atoms with Gasteiger partial charge in [-0.25, -0.2) is 4.79 Å². The Kier molecular flexibility index (Phi) is 4.59. The topological polar surface area (TPSA) is 65.8 Å². The van der Waals surface area contributed by atoms with E-state index in [9.17, 15) is 9.59 Å². The lowest BCUT2D eigenvalue weighted by molar-refractivity contribution is -0.130. The van der Waals surface area contributed by atoms with E-state index in [1.807, 2.05) is 18.0 Å². The molecule has 0 aromatic carbocycles. The number of likely N-dealkylation sites (tertiary alicyclic amines) is 1. The monoisotopic (exact) mass is 319 g/mol. The quantitative estimate of drug-likeness (QED) is 0.909. The molecule has 1 N–H and O–H groups in total. The number of rotatable bonds is 2. The van der Waals surface area contributed by atoms with Crippen LogP contribution in [0, 0.1) is 0 Å². The Morgan fingerprint density at radius 2 is 2.04 bits per heavy atom. The van der Waals surface area contributed by atoms with Crippen molar-refractivity contribution in [2.45, 2.75) is 51.1 Å². The fourth-order valence-corrected chi connectivity index (χ4v) is 3.59. The van der Waals surface area contributed by atoms with Gasteiger partial charge >= 0.3 is 6.03 Å². The number of nitrogens with one attached hydrogen (secondary N) is 1. The molecule has 2 heterocycles. The maximum atomic E-state index is 12.5. The molecule has 23 heavy (non-hydrogen) atoms. The van der Waals surface area contributed by atoms with Crippen molar-refractivity contribution >= 4 is 11.9 Å². The fraction of sp³-hybridized carbons (Fsp3) is 0.647. The minimum absolute atomic E-state index is 0.00650. The summed E-state index contributed by atoms with van der Waals surface area (Å²) in [7, 11) is 1.84. The molecule has 1 aromatic heterocycles. The van der Waals surface area contributed by atoms with E-state index in [0.29, 0.717) is 13.1 Å². The number of furan rings is 1. The van der Waals surface area contributed by atoms with Crippen molar-refractivity contribution in [1.82, 2.24) is 15.1 Å². The van der Waals surface area contributed by atoms with E-state index >= 15 is 0 Å². The van der Waals surface area contributed by atoms with Crippen LogP contribution in [-0.2, 0) is 11.2 Å². The molecule has 1 aliphatic carbocycles. The number of hydrogen-bond acceptors (Lipinski definition) is 3. The van der Waals surface area contributed by atoms with Crippen LogP contribution in [0.15, 0.2) is 16.7 Å². The van der Waals surface area contributed by atoms with E-state index < -0.39 is 0 Å². The van der Waals surface area contributed by atoms with Crippen LogP contribution >= 0.6 is 0 Å². The Bertz CT molecular complexity index is 575. The molecule has 6 heteroatoms. The van der Waals surface area contributed by atoms with Crippen molar-refractivity contribution in [3.05, 3.63) is 23.7 Å². The molecule has 1 aliphatic heterocycles. The summed E-state index contributed by atoms with van der Waals surface area (Å²) in [6, 6.07) is 2.26. The molecule has 6 nitrogen and oxygen atoms in total. The number of aryl methyl sites for hydroxylation is 1. The molecule has 1 fully saturated rings. The summed E-state index contributed by atoms with van der Waals surface area (Å²) in [4.78, 5) is 27.6. The Morgan fingerprint density at radius 1 is 1.30 bits per heavy atom. The first-order valence-electron chi connectivity index (χ1n) is 8.41. The largest absolute Gasteiger partial charge is 0.469 e. The fourth-order valence-electron chi connectivity index (χ4n) is 3.59. The summed E-state index contributed by atoms with van der Waals surface area (Å²) >= 11 is 0. The number of piperidine rings is 1. The predicted molar refractivity (Wildman–Crippen MR) is 86.0 cm³/mol. The van der Waals surface area contributed by atoms with Crippen molar-refractivity contribution in [2.75, 3.05) is 20.1 Å². The van der Waals surface area contributed by atoms with Crippen molar-refractivity contribution in [2.24, 2.45) is 0 Å². The lowest BCUT2D eigenvalue weighted by Crippen LogP contribution is -2.50. The van der Waals surface area contributed by atoms with E-state index in [0.717, 1.165) is 43.4 Å². The number of carbonyl (C=O) groups excluding carboxylic acids is 2. The van der Waals surface area contributed by atoms with E-state index in [1.54, 1.807) is 18.1 Å². The van der Waals surface area contributed by atoms with E-state index in [2.05, 4.69) is 5.32 Å². The van der Waals surface area contributed by atoms with Gasteiger partial charge in [0.05, 0.1) is 12.3 Å². The van der Waals surface area contributed by atoms with Gasteiger partial charge in [0, 0.05) is 45.1 Å². The van der Waals surface area contributed by atoms with Gasteiger partial charge in [0.25, 0.3) is 0 Å². The number of carbonyl (C=O) groups is 2. The highest BCUT2D eigenvalue weighted by molar-refractivity contribution is 5.75. The summed E-state index contributed by atoms with van der Waals surface area (Å²) in [6.45, 7) is 2.98. The third-order valence-electron chi connectivity index (χ3n) is 5.15. The average molecular weight is 319 g/mol. The van der Waals surface area contributed by atoms with Gasteiger partial charge in [0.1, 0.15) is 5.76 Å². The van der Waals surface area contributed by atoms with Crippen molar-refractivity contribution < 1.29 is 14.0 Å². The molecule has 0 radical (unpaired) electrons. The van der Waals surface area contributed by atoms with E-state index in [4.69, 9.17) is 4.42 Å². The molecule has 126 valence electrons. The van der Waals surface area contributed by atoms with Crippen LogP contribution in [0.3, 0.4) is 0 Å². The number of hydrogen-bond donors (Lipinski definition) is 1. The maximum Gasteiger partial charge on any atom is 0.317 e. The lowest BCUT2D eigenvalue weighted by atomic mass is 9.93. The van der Waals surface area contributed by atoms with Crippen LogP contribution in [0.4, 0.5) is 4.79 Å². The number of amides is 3. The highest BCUT2D eigenvalue weighted by Crippen LogP contribution is 2.30. The number of fused-ring (bicyclic) bond motifs is 1. The van der Waals surface area contributed by atoms with Gasteiger partial charge in [0.15, 0.2) is 0 Å². The lowest BCUT2D eigenvalue weighted by Gasteiger charge is -2.37. The van der Waals surface area contributed by atoms with Gasteiger partial charge in [-0.15, -0.1) is 0 Å². The second kappa shape index (κ2) is 6.64. The summed E-state index contributed by atoms with van der Waals surface area (Å²) in [6.07, 6.45) is 6.34. The van der Waals surface area contributed by atoms with Gasteiger partial charge in [-0.3, -0.25) is 4.79 Å². The van der Waals surface area contributed by atoms with Gasteiger partial charge < -0.3 is 19.5 Å². The van der Waals surface area contributed by atoms with Crippen molar-refractivity contribution in [3.63, 3.8) is 0 Å². The summed E-state index contributed by atoms with van der Waals surface area (Å²) < 4.78 is 5.47. The molecule has 1 atom stereocenters. The van der Waals surface area contributed by atoms with Crippen molar-refractivity contribution in [3.8, 4) is 0 Å². The zero-order valence-electron chi connectivity index (χ0n) is 13.9. The molecular formula is C17H25N3O3. The van der Waals surface area contributed by atoms with Gasteiger partial charge in [-0.1, -0.05) is 0 Å². The normalized spacial score (nSPS) is 21.7. The summed E-state index contributed by atoms with van der Waals surface area (Å²) in [5, 5.41) is 3.14. The molecule has 3 amide bonds. The van der Waals surface area contributed by atoms with E-state index in [1.165, 1.54) is 0 Å². The van der Waals surface area contributed by atoms with Crippen molar-refractivity contribution in [1.29, 1.82) is 0 Å².